The normalized spacial score (nSPS) is 13.3. The highest BCUT2D eigenvalue weighted by atomic mass is 16.6. The largest absolute Gasteiger partial charge is 0.444 e. The smallest absolute Gasteiger partial charge is 0.408 e. The highest BCUT2D eigenvalue weighted by Gasteiger charge is 2.25. The molecule has 0 unspecified atom stereocenters. The van der Waals surface area contributed by atoms with Crippen molar-refractivity contribution in [2.75, 3.05) is 13.2 Å². The van der Waals surface area contributed by atoms with Gasteiger partial charge in [-0.1, -0.05) is 36.4 Å². The Balaban J connectivity index is 2.53. The summed E-state index contributed by atoms with van der Waals surface area (Å²) in [4.78, 5) is 24.2. The Morgan fingerprint density at radius 3 is 2.44 bits per heavy atom. The lowest BCUT2D eigenvalue weighted by Gasteiger charge is -2.24. The molecule has 1 rings (SSSR count). The number of benzene rings is 1. The quantitative estimate of drug-likeness (QED) is 0.542. The summed E-state index contributed by atoms with van der Waals surface area (Å²) in [7, 11) is 0. The maximum Gasteiger partial charge on any atom is 0.408 e. The Hall–Kier alpha value is -2.38. The van der Waals surface area contributed by atoms with Gasteiger partial charge in [0.1, 0.15) is 11.6 Å². The Morgan fingerprint density at radius 2 is 1.89 bits per heavy atom. The number of rotatable bonds is 10. The molecule has 3 N–H and O–H groups in total. The van der Waals surface area contributed by atoms with Crippen LogP contribution in [0.3, 0.4) is 0 Å². The van der Waals surface area contributed by atoms with Gasteiger partial charge in [0.05, 0.1) is 25.9 Å². The third-order valence-corrected chi connectivity index (χ3v) is 3.42. The Morgan fingerprint density at radius 1 is 1.22 bits per heavy atom. The Labute approximate surface area is 160 Å². The van der Waals surface area contributed by atoms with Crippen molar-refractivity contribution in [3.05, 3.63) is 48.6 Å². The predicted octanol–water partition coefficient (Wildman–Crippen LogP) is 2.15. The standard InChI is InChI=1S/C20H30N2O5/c1-5-9-16(14-26-13-15-10-7-6-8-11-15)21-18(24)17(12-23)22-19(25)27-20(2,3)4/h5-8,10-11,16-17,23H,1,9,12-14H2,2-4H3,(H,21,24)(H,22,25)/t16-,17-/m0/s1. The molecule has 2 atom stereocenters. The number of aliphatic hydroxyl groups excluding tert-OH is 1. The molecule has 0 radical (unpaired) electrons. The molecular weight excluding hydrogens is 348 g/mol. The Bertz CT molecular complexity index is 598. The monoisotopic (exact) mass is 378 g/mol. The zero-order valence-corrected chi connectivity index (χ0v) is 16.2. The number of carbonyl (C=O) groups excluding carboxylic acids is 2. The molecule has 1 aromatic carbocycles. The summed E-state index contributed by atoms with van der Waals surface area (Å²) in [6.07, 6.45) is 1.40. The van der Waals surface area contributed by atoms with Crippen LogP contribution in [0.1, 0.15) is 32.8 Å². The first-order valence-corrected chi connectivity index (χ1v) is 8.88. The second kappa shape index (κ2) is 11.4. The first kappa shape index (κ1) is 22.7. The second-order valence-electron chi connectivity index (χ2n) is 7.11. The van der Waals surface area contributed by atoms with Crippen molar-refractivity contribution < 1.29 is 24.2 Å². The number of ether oxygens (including phenoxy) is 2. The van der Waals surface area contributed by atoms with Crippen molar-refractivity contribution in [2.45, 2.75) is 51.5 Å². The number of aliphatic hydroxyl groups is 1. The molecule has 150 valence electrons. The maximum atomic E-state index is 12.4. The van der Waals surface area contributed by atoms with Crippen LogP contribution in [-0.2, 0) is 20.9 Å². The SMILES string of the molecule is C=CC[C@@H](COCc1ccccc1)NC(=O)[C@H](CO)NC(=O)OC(C)(C)C. The number of nitrogens with one attached hydrogen (secondary N) is 2. The number of hydrogen-bond acceptors (Lipinski definition) is 5. The van der Waals surface area contributed by atoms with Crippen molar-refractivity contribution >= 4 is 12.0 Å². The molecule has 0 saturated heterocycles. The topological polar surface area (TPSA) is 96.9 Å². The second-order valence-corrected chi connectivity index (χ2v) is 7.11. The van der Waals surface area contributed by atoms with Crippen LogP contribution in [0, 0.1) is 0 Å². The van der Waals surface area contributed by atoms with E-state index in [1.165, 1.54) is 0 Å². The highest BCUT2D eigenvalue weighted by Crippen LogP contribution is 2.07. The van der Waals surface area contributed by atoms with Gasteiger partial charge in [0.15, 0.2) is 0 Å². The van der Waals surface area contributed by atoms with Gasteiger partial charge in [0.25, 0.3) is 0 Å². The highest BCUT2D eigenvalue weighted by molar-refractivity contribution is 5.86. The minimum absolute atomic E-state index is 0.275. The molecule has 7 heteroatoms. The van der Waals surface area contributed by atoms with Crippen molar-refractivity contribution in [3.8, 4) is 0 Å². The molecule has 0 aliphatic heterocycles. The molecule has 0 aliphatic carbocycles. The molecule has 27 heavy (non-hydrogen) atoms. The average Bonchev–Trinajstić information content (AvgIpc) is 2.59. The van der Waals surface area contributed by atoms with E-state index in [9.17, 15) is 14.7 Å². The summed E-state index contributed by atoms with van der Waals surface area (Å²) in [5, 5.41) is 14.5. The van der Waals surface area contributed by atoms with Gasteiger partial charge in [-0.3, -0.25) is 4.79 Å². The molecule has 0 saturated carbocycles. The van der Waals surface area contributed by atoms with Gasteiger partial charge in [0.2, 0.25) is 5.91 Å². The van der Waals surface area contributed by atoms with Crippen molar-refractivity contribution in [1.29, 1.82) is 0 Å². The van der Waals surface area contributed by atoms with Gasteiger partial charge < -0.3 is 25.2 Å². The summed E-state index contributed by atoms with van der Waals surface area (Å²) in [5.74, 6) is -0.515. The average molecular weight is 378 g/mol. The summed E-state index contributed by atoms with van der Waals surface area (Å²) in [6.45, 7) is 8.97. The summed E-state index contributed by atoms with van der Waals surface area (Å²) >= 11 is 0. The zero-order chi connectivity index (χ0) is 20.3. The van der Waals surface area contributed by atoms with E-state index in [2.05, 4.69) is 17.2 Å². The number of alkyl carbamates (subject to hydrolysis) is 1. The summed E-state index contributed by atoms with van der Waals surface area (Å²) in [5.41, 5.74) is 0.332. The maximum absolute atomic E-state index is 12.4. The first-order valence-electron chi connectivity index (χ1n) is 8.88. The summed E-state index contributed by atoms with van der Waals surface area (Å²) in [6, 6.07) is 8.25. The van der Waals surface area contributed by atoms with E-state index in [1.54, 1.807) is 26.8 Å². The van der Waals surface area contributed by atoms with Crippen molar-refractivity contribution in [1.82, 2.24) is 10.6 Å². The number of hydrogen-bond donors (Lipinski definition) is 3. The zero-order valence-electron chi connectivity index (χ0n) is 16.2. The van der Waals surface area contributed by atoms with Crippen LogP contribution in [0.2, 0.25) is 0 Å². The molecular formula is C20H30N2O5. The molecule has 1 aromatic rings. The number of carbonyl (C=O) groups is 2. The fourth-order valence-corrected chi connectivity index (χ4v) is 2.21. The molecule has 0 heterocycles. The third kappa shape index (κ3) is 9.77. The van der Waals surface area contributed by atoms with E-state index in [1.807, 2.05) is 30.3 Å². The van der Waals surface area contributed by atoms with Crippen LogP contribution in [0.4, 0.5) is 4.79 Å². The van der Waals surface area contributed by atoms with Gasteiger partial charge in [0, 0.05) is 0 Å². The van der Waals surface area contributed by atoms with E-state index < -0.39 is 30.3 Å². The van der Waals surface area contributed by atoms with Crippen LogP contribution < -0.4 is 10.6 Å². The predicted molar refractivity (Wildman–Crippen MR) is 103 cm³/mol. The minimum atomic E-state index is -1.11. The number of amides is 2. The molecule has 7 nitrogen and oxygen atoms in total. The Kier molecular flexibility index (Phi) is 9.53. The molecule has 0 aliphatic rings. The summed E-state index contributed by atoms with van der Waals surface area (Å²) < 4.78 is 10.8. The van der Waals surface area contributed by atoms with Crippen molar-refractivity contribution in [2.24, 2.45) is 0 Å². The van der Waals surface area contributed by atoms with Gasteiger partial charge in [-0.05, 0) is 32.8 Å². The molecule has 0 fully saturated rings. The van der Waals surface area contributed by atoms with Crippen molar-refractivity contribution in [3.63, 3.8) is 0 Å². The minimum Gasteiger partial charge on any atom is -0.444 e. The molecule has 0 aromatic heterocycles. The lowest BCUT2D eigenvalue weighted by Crippen LogP contribution is -2.53. The van der Waals surface area contributed by atoms with E-state index in [0.717, 1.165) is 5.56 Å². The fourth-order valence-electron chi connectivity index (χ4n) is 2.21. The van der Waals surface area contributed by atoms with Gasteiger partial charge in [-0.25, -0.2) is 4.79 Å². The van der Waals surface area contributed by atoms with Crippen LogP contribution in [0.5, 0.6) is 0 Å². The lowest BCUT2D eigenvalue weighted by molar-refractivity contribution is -0.125. The van der Waals surface area contributed by atoms with Gasteiger partial charge >= 0.3 is 6.09 Å². The molecule has 0 spiro atoms. The van der Waals surface area contributed by atoms with E-state index >= 15 is 0 Å². The van der Waals surface area contributed by atoms with Gasteiger partial charge in [-0.2, -0.15) is 0 Å². The van der Waals surface area contributed by atoms with E-state index in [4.69, 9.17) is 9.47 Å². The lowest BCUT2D eigenvalue weighted by atomic mass is 10.2. The van der Waals surface area contributed by atoms with Crippen LogP contribution in [0.25, 0.3) is 0 Å². The van der Waals surface area contributed by atoms with E-state index in [0.29, 0.717) is 13.0 Å². The van der Waals surface area contributed by atoms with Crippen LogP contribution in [0.15, 0.2) is 43.0 Å². The van der Waals surface area contributed by atoms with Gasteiger partial charge in [-0.15, -0.1) is 6.58 Å². The fraction of sp³-hybridized carbons (Fsp3) is 0.500. The van der Waals surface area contributed by atoms with E-state index in [-0.39, 0.29) is 12.6 Å². The van der Waals surface area contributed by atoms with Crippen LogP contribution in [-0.4, -0.2) is 48.0 Å². The molecule has 2 amide bonds. The molecule has 0 bridgehead atoms. The van der Waals surface area contributed by atoms with Crippen LogP contribution >= 0.6 is 0 Å². The third-order valence-electron chi connectivity index (χ3n) is 3.42. The first-order chi connectivity index (χ1) is 12.7.